The van der Waals surface area contributed by atoms with Gasteiger partial charge in [-0.25, -0.2) is 0 Å². The second kappa shape index (κ2) is 6.57. The van der Waals surface area contributed by atoms with Crippen LogP contribution in [0.2, 0.25) is 0 Å². The Bertz CT molecular complexity index is 482. The van der Waals surface area contributed by atoms with Crippen LogP contribution in [0, 0.1) is 0 Å². The number of halogens is 4. The van der Waals surface area contributed by atoms with Gasteiger partial charge in [0.1, 0.15) is 0 Å². The maximum atomic E-state index is 12.7. The summed E-state index contributed by atoms with van der Waals surface area (Å²) in [5.74, 6) is 0. The van der Waals surface area contributed by atoms with Gasteiger partial charge < -0.3 is 10.4 Å². The van der Waals surface area contributed by atoms with Gasteiger partial charge in [-0.3, -0.25) is 0 Å². The smallest absolute Gasteiger partial charge is 0.388 e. The highest BCUT2D eigenvalue weighted by atomic mass is 79.9. The minimum atomic E-state index is -4.36. The maximum Gasteiger partial charge on any atom is 0.416 e. The molecule has 1 aliphatic rings. The minimum Gasteiger partial charge on any atom is -0.388 e. The number of hydrogen-bond acceptors (Lipinski definition) is 2. The van der Waals surface area contributed by atoms with Gasteiger partial charge in [0.05, 0.1) is 11.2 Å². The van der Waals surface area contributed by atoms with Gasteiger partial charge in [-0.1, -0.05) is 25.7 Å². The summed E-state index contributed by atoms with van der Waals surface area (Å²) in [6.07, 6.45) is 1.15. The second-order valence-electron chi connectivity index (χ2n) is 5.68. The molecule has 118 valence electrons. The van der Waals surface area contributed by atoms with E-state index in [0.29, 0.717) is 23.0 Å². The maximum absolute atomic E-state index is 12.7. The number of rotatable bonds is 3. The molecular formula is C15H19BrF3NO. The lowest BCUT2D eigenvalue weighted by Crippen LogP contribution is -2.36. The van der Waals surface area contributed by atoms with Gasteiger partial charge >= 0.3 is 6.18 Å². The highest BCUT2D eigenvalue weighted by Crippen LogP contribution is 2.35. The van der Waals surface area contributed by atoms with Crippen LogP contribution in [-0.4, -0.2) is 17.3 Å². The van der Waals surface area contributed by atoms with Crippen LogP contribution in [0.5, 0.6) is 0 Å². The first kappa shape index (κ1) is 16.6. The van der Waals surface area contributed by atoms with Crippen molar-refractivity contribution < 1.29 is 18.3 Å². The van der Waals surface area contributed by atoms with E-state index in [1.165, 1.54) is 6.07 Å². The Hall–Kier alpha value is -0.750. The Kier molecular flexibility index (Phi) is 5.20. The molecule has 0 saturated heterocycles. The summed E-state index contributed by atoms with van der Waals surface area (Å²) in [4.78, 5) is 0. The third-order valence-corrected chi connectivity index (χ3v) is 4.63. The molecule has 21 heavy (non-hydrogen) atoms. The third kappa shape index (κ3) is 4.61. The van der Waals surface area contributed by atoms with Crippen molar-refractivity contribution in [1.29, 1.82) is 0 Å². The van der Waals surface area contributed by atoms with Gasteiger partial charge in [0.25, 0.3) is 0 Å². The Morgan fingerprint density at radius 3 is 2.33 bits per heavy atom. The molecule has 1 fully saturated rings. The van der Waals surface area contributed by atoms with E-state index in [-0.39, 0.29) is 6.54 Å². The van der Waals surface area contributed by atoms with Crippen LogP contribution in [0.25, 0.3) is 0 Å². The summed E-state index contributed by atoms with van der Waals surface area (Å²) in [7, 11) is 0. The van der Waals surface area contributed by atoms with Crippen LogP contribution in [0.1, 0.15) is 44.1 Å². The van der Waals surface area contributed by atoms with E-state index < -0.39 is 17.3 Å². The molecule has 1 saturated carbocycles. The molecule has 0 spiro atoms. The number of nitrogens with one attached hydrogen (secondary N) is 1. The van der Waals surface area contributed by atoms with E-state index in [1.807, 2.05) is 0 Å². The fourth-order valence-electron chi connectivity index (χ4n) is 2.66. The van der Waals surface area contributed by atoms with E-state index in [4.69, 9.17) is 0 Å². The van der Waals surface area contributed by atoms with Crippen LogP contribution in [0.3, 0.4) is 0 Å². The highest BCUT2D eigenvalue weighted by Gasteiger charge is 2.32. The Morgan fingerprint density at radius 2 is 1.76 bits per heavy atom. The number of anilines is 1. The summed E-state index contributed by atoms with van der Waals surface area (Å²) in [5.41, 5.74) is -1.16. The molecule has 1 aromatic carbocycles. The monoisotopic (exact) mass is 365 g/mol. The van der Waals surface area contributed by atoms with Gasteiger partial charge in [0, 0.05) is 16.7 Å². The normalized spacial score (nSPS) is 19.1. The quantitative estimate of drug-likeness (QED) is 0.741. The summed E-state index contributed by atoms with van der Waals surface area (Å²) < 4.78 is 38.8. The molecule has 0 aromatic heterocycles. The highest BCUT2D eigenvalue weighted by molar-refractivity contribution is 9.10. The fraction of sp³-hybridized carbons (Fsp3) is 0.600. The molecule has 1 aliphatic carbocycles. The molecule has 0 bridgehead atoms. The van der Waals surface area contributed by atoms with E-state index in [1.54, 1.807) is 0 Å². The predicted octanol–water partition coefficient (Wildman–Crippen LogP) is 4.97. The average molecular weight is 366 g/mol. The zero-order valence-electron chi connectivity index (χ0n) is 11.6. The molecule has 2 rings (SSSR count). The lowest BCUT2D eigenvalue weighted by molar-refractivity contribution is -0.137. The summed E-state index contributed by atoms with van der Waals surface area (Å²) >= 11 is 3.24. The van der Waals surface area contributed by atoms with Crippen molar-refractivity contribution in [3.63, 3.8) is 0 Å². The zero-order valence-corrected chi connectivity index (χ0v) is 13.2. The first-order chi connectivity index (χ1) is 9.80. The van der Waals surface area contributed by atoms with Crippen molar-refractivity contribution in [2.24, 2.45) is 0 Å². The molecule has 2 N–H and O–H groups in total. The SMILES string of the molecule is OC1(CNc2cc(C(F)(F)F)ccc2Br)CCCCCC1. The minimum absolute atomic E-state index is 0.271. The van der Waals surface area contributed by atoms with Crippen LogP contribution in [-0.2, 0) is 6.18 Å². The molecule has 2 nitrogen and oxygen atoms in total. The van der Waals surface area contributed by atoms with Gasteiger partial charge in [0.15, 0.2) is 0 Å². The largest absolute Gasteiger partial charge is 0.416 e. The molecular weight excluding hydrogens is 347 g/mol. The van der Waals surface area contributed by atoms with Crippen LogP contribution in [0.4, 0.5) is 18.9 Å². The summed E-state index contributed by atoms with van der Waals surface area (Å²) in [6.45, 7) is 0.271. The second-order valence-corrected chi connectivity index (χ2v) is 6.54. The number of hydrogen-bond donors (Lipinski definition) is 2. The van der Waals surface area contributed by atoms with Gasteiger partial charge in [0.2, 0.25) is 0 Å². The van der Waals surface area contributed by atoms with Crippen LogP contribution < -0.4 is 5.32 Å². The van der Waals surface area contributed by atoms with E-state index in [0.717, 1.165) is 37.8 Å². The van der Waals surface area contributed by atoms with Crippen molar-refractivity contribution in [3.8, 4) is 0 Å². The zero-order chi connectivity index (χ0) is 15.5. The number of benzene rings is 1. The first-order valence-electron chi connectivity index (χ1n) is 7.13. The molecule has 6 heteroatoms. The van der Waals surface area contributed by atoms with E-state index in [9.17, 15) is 18.3 Å². The lowest BCUT2D eigenvalue weighted by Gasteiger charge is -2.27. The molecule has 0 atom stereocenters. The standard InChI is InChI=1S/C15H19BrF3NO/c16-12-6-5-11(15(17,18)19)9-13(12)20-10-14(21)7-3-1-2-4-8-14/h5-6,9,20-21H,1-4,7-8,10H2. The predicted molar refractivity (Wildman–Crippen MR) is 80.3 cm³/mol. The molecule has 0 amide bonds. The van der Waals surface area contributed by atoms with E-state index in [2.05, 4.69) is 21.2 Å². The van der Waals surface area contributed by atoms with Crippen LogP contribution in [0.15, 0.2) is 22.7 Å². The van der Waals surface area contributed by atoms with Crippen molar-refractivity contribution in [3.05, 3.63) is 28.2 Å². The van der Waals surface area contributed by atoms with Gasteiger partial charge in [-0.05, 0) is 47.0 Å². The summed E-state index contributed by atoms with van der Waals surface area (Å²) in [6, 6.07) is 3.49. The van der Waals surface area contributed by atoms with Crippen molar-refractivity contribution in [1.82, 2.24) is 0 Å². The molecule has 0 heterocycles. The van der Waals surface area contributed by atoms with Gasteiger partial charge in [-0.15, -0.1) is 0 Å². The van der Waals surface area contributed by atoms with Gasteiger partial charge in [-0.2, -0.15) is 13.2 Å². The van der Waals surface area contributed by atoms with E-state index >= 15 is 0 Å². The molecule has 0 radical (unpaired) electrons. The Morgan fingerprint density at radius 1 is 1.14 bits per heavy atom. The lowest BCUT2D eigenvalue weighted by atomic mass is 9.94. The topological polar surface area (TPSA) is 32.3 Å². The summed E-state index contributed by atoms with van der Waals surface area (Å²) in [5, 5.41) is 13.5. The fourth-order valence-corrected chi connectivity index (χ4v) is 3.05. The molecule has 0 aliphatic heterocycles. The van der Waals surface area contributed by atoms with Crippen molar-refractivity contribution >= 4 is 21.6 Å². The van der Waals surface area contributed by atoms with Crippen LogP contribution >= 0.6 is 15.9 Å². The van der Waals surface area contributed by atoms with Crippen molar-refractivity contribution in [2.45, 2.75) is 50.3 Å². The Balaban J connectivity index is 2.08. The first-order valence-corrected chi connectivity index (χ1v) is 7.92. The number of aliphatic hydroxyl groups is 1. The van der Waals surface area contributed by atoms with Crippen molar-refractivity contribution in [2.75, 3.05) is 11.9 Å². The third-order valence-electron chi connectivity index (χ3n) is 3.94. The molecule has 0 unspecified atom stereocenters. The Labute approximate surface area is 130 Å². The molecule has 1 aromatic rings. The number of alkyl halides is 3. The average Bonchev–Trinajstić information content (AvgIpc) is 2.62.